The van der Waals surface area contributed by atoms with Gasteiger partial charge < -0.3 is 25.4 Å². The summed E-state index contributed by atoms with van der Waals surface area (Å²) in [6.07, 6.45) is 3.18. The van der Waals surface area contributed by atoms with Crippen LogP contribution in [-0.2, 0) is 6.54 Å². The van der Waals surface area contributed by atoms with Crippen LogP contribution in [0.3, 0.4) is 0 Å². The number of hydrogen-bond acceptors (Lipinski definition) is 7. The van der Waals surface area contributed by atoms with Crippen LogP contribution >= 0.6 is 11.6 Å². The van der Waals surface area contributed by atoms with Crippen LogP contribution in [0, 0.1) is 0 Å². The molecular formula is C20H27ClN6O2. The van der Waals surface area contributed by atoms with Gasteiger partial charge in [0.15, 0.2) is 17.0 Å². The molecule has 0 amide bonds. The lowest BCUT2D eigenvalue weighted by molar-refractivity contribution is 0.208. The molecule has 2 aromatic heterocycles. The van der Waals surface area contributed by atoms with Crippen molar-refractivity contribution in [3.05, 3.63) is 35.1 Å². The van der Waals surface area contributed by atoms with Crippen molar-refractivity contribution < 1.29 is 10.2 Å². The lowest BCUT2D eigenvalue weighted by atomic mass is 10.2. The number of hydrogen-bond donors (Lipinski definition) is 4. The Labute approximate surface area is 175 Å². The molecule has 8 nitrogen and oxygen atoms in total. The van der Waals surface area contributed by atoms with Crippen molar-refractivity contribution >= 4 is 34.5 Å². The first-order valence-electron chi connectivity index (χ1n) is 9.80. The molecule has 9 heteroatoms. The van der Waals surface area contributed by atoms with E-state index in [1.165, 1.54) is 0 Å². The zero-order valence-corrected chi connectivity index (χ0v) is 17.6. The fraction of sp³-hybridized carbons (Fsp3) is 0.450. The SMILES string of the molecule is CCC(CC)n1cnc2c(NCc3cc(Cl)ccc3O)nc(NCC(C)O)nc21. The second kappa shape index (κ2) is 9.28. The molecule has 156 valence electrons. The molecule has 1 unspecified atom stereocenters. The first kappa shape index (κ1) is 21.1. The van der Waals surface area contributed by atoms with E-state index in [4.69, 9.17) is 11.6 Å². The van der Waals surface area contributed by atoms with E-state index < -0.39 is 6.10 Å². The second-order valence-electron chi connectivity index (χ2n) is 7.05. The first-order chi connectivity index (χ1) is 13.9. The molecule has 0 bridgehead atoms. The van der Waals surface area contributed by atoms with E-state index in [2.05, 4.69) is 44.0 Å². The van der Waals surface area contributed by atoms with Gasteiger partial charge >= 0.3 is 0 Å². The van der Waals surface area contributed by atoms with Crippen LogP contribution in [0.25, 0.3) is 11.2 Å². The van der Waals surface area contributed by atoms with E-state index in [1.807, 2.05) is 0 Å². The minimum absolute atomic E-state index is 0.155. The molecule has 0 fully saturated rings. The number of phenolic OH excluding ortho intramolecular Hbond substituents is 1. The van der Waals surface area contributed by atoms with Crippen LogP contribution < -0.4 is 10.6 Å². The maximum absolute atomic E-state index is 10.1. The fourth-order valence-corrected chi connectivity index (χ4v) is 3.38. The summed E-state index contributed by atoms with van der Waals surface area (Å²) in [6, 6.07) is 5.19. The number of imidazole rings is 1. The monoisotopic (exact) mass is 418 g/mol. The van der Waals surface area contributed by atoms with Crippen LogP contribution in [0.5, 0.6) is 5.75 Å². The Kier molecular flexibility index (Phi) is 6.76. The molecule has 0 aliphatic heterocycles. The summed E-state index contributed by atoms with van der Waals surface area (Å²) in [4.78, 5) is 13.7. The Hall–Kier alpha value is -2.58. The topological polar surface area (TPSA) is 108 Å². The number of halogens is 1. The fourth-order valence-electron chi connectivity index (χ4n) is 3.18. The zero-order valence-electron chi connectivity index (χ0n) is 16.9. The van der Waals surface area contributed by atoms with E-state index in [-0.39, 0.29) is 11.8 Å². The minimum atomic E-state index is -0.530. The number of nitrogens with zero attached hydrogens (tertiary/aromatic N) is 4. The van der Waals surface area contributed by atoms with Gasteiger partial charge in [-0.25, -0.2) is 4.98 Å². The highest BCUT2D eigenvalue weighted by Crippen LogP contribution is 2.28. The number of aromatic nitrogens is 4. The minimum Gasteiger partial charge on any atom is -0.508 e. The van der Waals surface area contributed by atoms with Crippen molar-refractivity contribution in [3.8, 4) is 5.75 Å². The zero-order chi connectivity index (χ0) is 21.0. The molecule has 4 N–H and O–H groups in total. The molecule has 1 aromatic carbocycles. The molecule has 0 saturated heterocycles. The van der Waals surface area contributed by atoms with Crippen LogP contribution in [0.2, 0.25) is 5.02 Å². The van der Waals surface area contributed by atoms with Crippen molar-refractivity contribution in [2.24, 2.45) is 0 Å². The summed E-state index contributed by atoms with van der Waals surface area (Å²) in [6.45, 7) is 6.62. The van der Waals surface area contributed by atoms with E-state index in [9.17, 15) is 10.2 Å². The number of aromatic hydroxyl groups is 1. The largest absolute Gasteiger partial charge is 0.508 e. The van der Waals surface area contributed by atoms with Gasteiger partial charge in [-0.05, 0) is 38.0 Å². The molecule has 1 atom stereocenters. The van der Waals surface area contributed by atoms with E-state index >= 15 is 0 Å². The number of nitrogens with one attached hydrogen (secondary N) is 2. The van der Waals surface area contributed by atoms with Gasteiger partial charge in [-0.3, -0.25) is 0 Å². The summed E-state index contributed by atoms with van der Waals surface area (Å²) >= 11 is 6.05. The summed E-state index contributed by atoms with van der Waals surface area (Å²) < 4.78 is 2.06. The Morgan fingerprint density at radius 1 is 1.17 bits per heavy atom. The van der Waals surface area contributed by atoms with Gasteiger partial charge in [0.1, 0.15) is 5.75 Å². The highest BCUT2D eigenvalue weighted by molar-refractivity contribution is 6.30. The quantitative estimate of drug-likeness (QED) is 0.416. The lowest BCUT2D eigenvalue weighted by Gasteiger charge is -2.16. The maximum atomic E-state index is 10.1. The van der Waals surface area contributed by atoms with Gasteiger partial charge in [0.25, 0.3) is 0 Å². The van der Waals surface area contributed by atoms with E-state index in [0.29, 0.717) is 41.0 Å². The number of aliphatic hydroxyl groups is 1. The highest BCUT2D eigenvalue weighted by atomic mass is 35.5. The Balaban J connectivity index is 1.98. The Morgan fingerprint density at radius 3 is 2.62 bits per heavy atom. The molecule has 0 radical (unpaired) electrons. The molecule has 2 heterocycles. The van der Waals surface area contributed by atoms with E-state index in [0.717, 1.165) is 18.5 Å². The van der Waals surface area contributed by atoms with Crippen molar-refractivity contribution in [1.29, 1.82) is 0 Å². The maximum Gasteiger partial charge on any atom is 0.226 e. The van der Waals surface area contributed by atoms with Gasteiger partial charge in [-0.1, -0.05) is 25.4 Å². The summed E-state index contributed by atoms with van der Waals surface area (Å²) in [5.41, 5.74) is 2.03. The van der Waals surface area contributed by atoms with E-state index in [1.54, 1.807) is 31.5 Å². The molecule has 0 spiro atoms. The average molecular weight is 419 g/mol. The molecule has 29 heavy (non-hydrogen) atoms. The van der Waals surface area contributed by atoms with Crippen LogP contribution in [0.4, 0.5) is 11.8 Å². The molecule has 3 rings (SSSR count). The van der Waals surface area contributed by atoms with Gasteiger partial charge in [0.2, 0.25) is 5.95 Å². The number of benzene rings is 1. The third-order valence-corrected chi connectivity index (χ3v) is 5.04. The number of phenols is 1. The van der Waals surface area contributed by atoms with Crippen molar-refractivity contribution in [3.63, 3.8) is 0 Å². The summed E-state index contributed by atoms with van der Waals surface area (Å²) in [5.74, 6) is 1.11. The summed E-state index contributed by atoms with van der Waals surface area (Å²) in [7, 11) is 0. The number of rotatable bonds is 9. The molecule has 0 aliphatic rings. The third-order valence-electron chi connectivity index (χ3n) is 4.80. The van der Waals surface area contributed by atoms with Crippen molar-refractivity contribution in [1.82, 2.24) is 19.5 Å². The highest BCUT2D eigenvalue weighted by Gasteiger charge is 2.17. The first-order valence-corrected chi connectivity index (χ1v) is 10.2. The van der Waals surface area contributed by atoms with Gasteiger partial charge in [0, 0.05) is 29.7 Å². The van der Waals surface area contributed by atoms with Crippen molar-refractivity contribution in [2.45, 2.75) is 52.3 Å². The summed E-state index contributed by atoms with van der Waals surface area (Å²) in [5, 5.41) is 26.5. The predicted molar refractivity (Wildman–Crippen MR) is 116 cm³/mol. The molecule has 0 aliphatic carbocycles. The smallest absolute Gasteiger partial charge is 0.226 e. The Morgan fingerprint density at radius 2 is 1.93 bits per heavy atom. The second-order valence-corrected chi connectivity index (χ2v) is 7.48. The number of fused-ring (bicyclic) bond motifs is 1. The van der Waals surface area contributed by atoms with Crippen LogP contribution in [-0.4, -0.2) is 42.4 Å². The average Bonchev–Trinajstić information content (AvgIpc) is 3.12. The number of aliphatic hydroxyl groups excluding tert-OH is 1. The third kappa shape index (κ3) is 4.89. The predicted octanol–water partition coefficient (Wildman–Crippen LogP) is 3.95. The molecular weight excluding hydrogens is 392 g/mol. The van der Waals surface area contributed by atoms with Crippen LogP contribution in [0.1, 0.15) is 45.2 Å². The Bertz CT molecular complexity index is 971. The van der Waals surface area contributed by atoms with Crippen molar-refractivity contribution in [2.75, 3.05) is 17.2 Å². The standard InChI is InChI=1S/C20H27ClN6O2/c1-4-15(5-2)27-11-24-17-18(22-10-13-8-14(21)6-7-16(13)29)25-20(26-19(17)27)23-9-12(3)28/h6-8,11-12,15,28-29H,4-5,9-10H2,1-3H3,(H2,22,23,25,26). The lowest BCUT2D eigenvalue weighted by Crippen LogP contribution is -2.18. The van der Waals surface area contributed by atoms with Gasteiger partial charge in [-0.15, -0.1) is 0 Å². The van der Waals surface area contributed by atoms with Gasteiger partial charge in [0.05, 0.1) is 12.4 Å². The van der Waals surface area contributed by atoms with Crippen LogP contribution in [0.15, 0.2) is 24.5 Å². The number of anilines is 2. The normalized spacial score (nSPS) is 12.5. The molecule has 0 saturated carbocycles. The van der Waals surface area contributed by atoms with Gasteiger partial charge in [-0.2, -0.15) is 9.97 Å². The molecule has 3 aromatic rings.